The summed E-state index contributed by atoms with van der Waals surface area (Å²) in [6, 6.07) is 20.0. The Morgan fingerprint density at radius 1 is 0.862 bits per heavy atom. The van der Waals surface area contributed by atoms with E-state index in [2.05, 4.69) is 20.4 Å². The summed E-state index contributed by atoms with van der Waals surface area (Å²) < 4.78 is 14.0. The maximum atomic E-state index is 14.0. The second kappa shape index (κ2) is 8.68. The van der Waals surface area contributed by atoms with Crippen molar-refractivity contribution in [1.29, 1.82) is 0 Å². The molecular formula is C22H22FN5O. The monoisotopic (exact) mass is 391 g/mol. The number of anilines is 3. The molecule has 0 bridgehead atoms. The highest BCUT2D eigenvalue weighted by atomic mass is 19.1. The van der Waals surface area contributed by atoms with Crippen molar-refractivity contribution in [2.24, 2.45) is 0 Å². The first kappa shape index (κ1) is 18.9. The number of halogens is 1. The lowest BCUT2D eigenvalue weighted by molar-refractivity contribution is -0.115. The highest BCUT2D eigenvalue weighted by Crippen LogP contribution is 2.22. The molecule has 4 rings (SSSR count). The average Bonchev–Trinajstić information content (AvgIpc) is 2.75. The predicted molar refractivity (Wildman–Crippen MR) is 112 cm³/mol. The van der Waals surface area contributed by atoms with Gasteiger partial charge in [-0.2, -0.15) is 0 Å². The molecule has 3 aromatic rings. The molecule has 0 radical (unpaired) electrons. The van der Waals surface area contributed by atoms with E-state index in [4.69, 9.17) is 0 Å². The number of nitrogens with zero attached hydrogens (tertiary/aromatic N) is 4. The summed E-state index contributed by atoms with van der Waals surface area (Å²) in [6.45, 7) is 2.86. The van der Waals surface area contributed by atoms with Gasteiger partial charge < -0.3 is 15.1 Å². The minimum absolute atomic E-state index is 0.128. The fraction of sp³-hybridized carbons (Fsp3) is 0.227. The van der Waals surface area contributed by atoms with Crippen molar-refractivity contribution in [3.63, 3.8) is 0 Å². The Morgan fingerprint density at radius 3 is 2.24 bits per heavy atom. The Balaban J connectivity index is 1.32. The zero-order valence-corrected chi connectivity index (χ0v) is 16.0. The third kappa shape index (κ3) is 4.68. The van der Waals surface area contributed by atoms with Gasteiger partial charge in [0.1, 0.15) is 5.82 Å². The number of benzene rings is 2. The fourth-order valence-corrected chi connectivity index (χ4v) is 3.41. The largest absolute Gasteiger partial charge is 0.366 e. The number of rotatable bonds is 5. The molecule has 29 heavy (non-hydrogen) atoms. The Bertz CT molecular complexity index is 956. The Labute approximate surface area is 169 Å². The number of hydrogen-bond acceptors (Lipinski definition) is 5. The van der Waals surface area contributed by atoms with Gasteiger partial charge in [-0.15, -0.1) is 10.2 Å². The van der Waals surface area contributed by atoms with Crippen LogP contribution in [0.2, 0.25) is 0 Å². The molecule has 0 unspecified atom stereocenters. The Hall–Kier alpha value is -3.48. The van der Waals surface area contributed by atoms with E-state index in [1.165, 1.54) is 6.07 Å². The topological polar surface area (TPSA) is 61.4 Å². The number of hydrogen-bond donors (Lipinski definition) is 1. The number of aromatic nitrogens is 2. The van der Waals surface area contributed by atoms with Crippen molar-refractivity contribution in [2.75, 3.05) is 41.3 Å². The molecule has 2 aromatic carbocycles. The molecule has 0 saturated carbocycles. The van der Waals surface area contributed by atoms with Gasteiger partial charge >= 0.3 is 0 Å². The van der Waals surface area contributed by atoms with E-state index in [1.54, 1.807) is 18.2 Å². The summed E-state index contributed by atoms with van der Waals surface area (Å²) in [5.74, 6) is 0.854. The van der Waals surface area contributed by atoms with Crippen LogP contribution in [-0.4, -0.2) is 42.3 Å². The van der Waals surface area contributed by atoms with Crippen LogP contribution in [-0.2, 0) is 11.2 Å². The van der Waals surface area contributed by atoms with Crippen LogP contribution in [0.1, 0.15) is 5.56 Å². The van der Waals surface area contributed by atoms with Gasteiger partial charge in [0.05, 0.1) is 12.1 Å². The summed E-state index contributed by atoms with van der Waals surface area (Å²) >= 11 is 0. The van der Waals surface area contributed by atoms with Crippen LogP contribution in [0, 0.1) is 5.82 Å². The zero-order chi connectivity index (χ0) is 20.1. The second-order valence-electron chi connectivity index (χ2n) is 6.91. The third-order valence-corrected chi connectivity index (χ3v) is 4.92. The predicted octanol–water partition coefficient (Wildman–Crippen LogP) is 3.12. The Morgan fingerprint density at radius 2 is 1.55 bits per heavy atom. The lowest BCUT2D eigenvalue weighted by atomic mass is 10.1. The molecule has 2 heterocycles. The highest BCUT2D eigenvalue weighted by Gasteiger charge is 2.20. The number of amides is 1. The van der Waals surface area contributed by atoms with Gasteiger partial charge in [0.2, 0.25) is 5.91 Å². The summed E-state index contributed by atoms with van der Waals surface area (Å²) in [5.41, 5.74) is 1.58. The van der Waals surface area contributed by atoms with Crippen LogP contribution in [0.25, 0.3) is 0 Å². The van der Waals surface area contributed by atoms with E-state index in [9.17, 15) is 9.18 Å². The van der Waals surface area contributed by atoms with Crippen LogP contribution >= 0.6 is 0 Å². The van der Waals surface area contributed by atoms with E-state index < -0.39 is 0 Å². The first-order valence-corrected chi connectivity index (χ1v) is 9.61. The van der Waals surface area contributed by atoms with Crippen molar-refractivity contribution < 1.29 is 9.18 Å². The summed E-state index contributed by atoms with van der Waals surface area (Å²) in [4.78, 5) is 16.3. The number of para-hydroxylation sites is 1. The van der Waals surface area contributed by atoms with Crippen molar-refractivity contribution in [3.05, 3.63) is 78.1 Å². The van der Waals surface area contributed by atoms with Crippen molar-refractivity contribution in [2.45, 2.75) is 6.42 Å². The van der Waals surface area contributed by atoms with Gasteiger partial charge in [-0.05, 0) is 29.8 Å². The molecule has 1 aliphatic heterocycles. The molecule has 7 heteroatoms. The SMILES string of the molecule is O=C(Cc1ccccc1)Nc1ccc(N2CCN(c3ccccc3F)CC2)nn1. The van der Waals surface area contributed by atoms with Crippen LogP contribution in [0.5, 0.6) is 0 Å². The third-order valence-electron chi connectivity index (χ3n) is 4.92. The van der Waals surface area contributed by atoms with Gasteiger partial charge in [0, 0.05) is 26.2 Å². The van der Waals surface area contributed by atoms with Gasteiger partial charge in [0.25, 0.3) is 0 Å². The quantitative estimate of drug-likeness (QED) is 0.724. The normalized spacial score (nSPS) is 14.0. The number of carbonyl (C=O) groups excluding carboxylic acids is 1. The average molecular weight is 391 g/mol. The maximum absolute atomic E-state index is 14.0. The van der Waals surface area contributed by atoms with E-state index in [1.807, 2.05) is 47.4 Å². The summed E-state index contributed by atoms with van der Waals surface area (Å²) in [6.07, 6.45) is 0.294. The molecule has 0 spiro atoms. The van der Waals surface area contributed by atoms with Crippen molar-refractivity contribution in [1.82, 2.24) is 10.2 Å². The molecule has 0 aliphatic carbocycles. The lowest BCUT2D eigenvalue weighted by Crippen LogP contribution is -2.47. The van der Waals surface area contributed by atoms with Gasteiger partial charge in [0.15, 0.2) is 11.6 Å². The molecule has 1 N–H and O–H groups in total. The van der Waals surface area contributed by atoms with Gasteiger partial charge in [-0.3, -0.25) is 4.79 Å². The minimum atomic E-state index is -0.198. The van der Waals surface area contributed by atoms with E-state index in [-0.39, 0.29) is 11.7 Å². The molecule has 148 valence electrons. The number of nitrogens with one attached hydrogen (secondary N) is 1. The van der Waals surface area contributed by atoms with Crippen LogP contribution in [0.3, 0.4) is 0 Å². The molecule has 0 atom stereocenters. The molecule has 1 aliphatic rings. The van der Waals surface area contributed by atoms with E-state index in [0.717, 1.165) is 24.5 Å². The van der Waals surface area contributed by atoms with Crippen molar-refractivity contribution in [3.8, 4) is 0 Å². The molecule has 1 saturated heterocycles. The lowest BCUT2D eigenvalue weighted by Gasteiger charge is -2.36. The van der Waals surface area contributed by atoms with Crippen LogP contribution in [0.15, 0.2) is 66.7 Å². The minimum Gasteiger partial charge on any atom is -0.366 e. The van der Waals surface area contributed by atoms with Gasteiger partial charge in [-0.1, -0.05) is 42.5 Å². The van der Waals surface area contributed by atoms with Crippen molar-refractivity contribution >= 4 is 23.2 Å². The molecule has 1 fully saturated rings. The second-order valence-corrected chi connectivity index (χ2v) is 6.91. The standard InChI is InChI=1S/C22H22FN5O/c23-18-8-4-5-9-19(18)27-12-14-28(15-13-27)21-11-10-20(25-26-21)24-22(29)16-17-6-2-1-3-7-17/h1-11H,12-16H2,(H,24,25,29). The molecule has 1 aromatic heterocycles. The van der Waals surface area contributed by atoms with E-state index in [0.29, 0.717) is 31.0 Å². The van der Waals surface area contributed by atoms with E-state index >= 15 is 0 Å². The summed E-state index contributed by atoms with van der Waals surface area (Å²) in [5, 5.41) is 11.2. The molecule has 1 amide bonds. The smallest absolute Gasteiger partial charge is 0.229 e. The molecular weight excluding hydrogens is 369 g/mol. The number of carbonyl (C=O) groups is 1. The van der Waals surface area contributed by atoms with Gasteiger partial charge in [-0.25, -0.2) is 4.39 Å². The first-order valence-electron chi connectivity index (χ1n) is 9.61. The maximum Gasteiger partial charge on any atom is 0.229 e. The highest BCUT2D eigenvalue weighted by molar-refractivity contribution is 5.91. The Kier molecular flexibility index (Phi) is 5.65. The van der Waals surface area contributed by atoms with Crippen LogP contribution in [0.4, 0.5) is 21.7 Å². The molecule has 6 nitrogen and oxygen atoms in total. The number of piperazine rings is 1. The summed E-state index contributed by atoms with van der Waals surface area (Å²) in [7, 11) is 0. The fourth-order valence-electron chi connectivity index (χ4n) is 3.41. The zero-order valence-electron chi connectivity index (χ0n) is 16.0. The first-order chi connectivity index (χ1) is 14.2. The van der Waals surface area contributed by atoms with Crippen LogP contribution < -0.4 is 15.1 Å².